The average Bonchev–Trinajstić information content (AvgIpc) is 3.18. The molecule has 9 heteroatoms. The number of para-hydroxylation sites is 1. The summed E-state index contributed by atoms with van der Waals surface area (Å²) in [7, 11) is 1.59. The maximum Gasteiger partial charge on any atom is 0.306 e. The first-order chi connectivity index (χ1) is 17.3. The van der Waals surface area contributed by atoms with Crippen LogP contribution in [0.1, 0.15) is 54.7 Å². The molecule has 1 aliphatic heterocycles. The van der Waals surface area contributed by atoms with Crippen LogP contribution in [-0.2, 0) is 14.3 Å². The standard InChI is InChI=1S/C27H32N4O5/c1-16-10-11-20(14-17(16)2)31-23(12-13-36-3)28-25(26(31)33)30-29-22-9-5-8-21(24(22)32)18-6-4-7-19(15-18)27(34)35/h5,8-11,14,18-19,29,32H,4,6-7,12-13,15H2,1-3H3,(H,34,35)/b30-25+. The maximum atomic E-state index is 13.3. The smallest absolute Gasteiger partial charge is 0.306 e. The van der Waals surface area contributed by atoms with Crippen molar-refractivity contribution in [3.05, 3.63) is 53.1 Å². The van der Waals surface area contributed by atoms with E-state index in [1.807, 2.05) is 38.1 Å². The molecule has 1 saturated carbocycles. The van der Waals surface area contributed by atoms with E-state index in [9.17, 15) is 19.8 Å². The Morgan fingerprint density at radius 2 is 2.03 bits per heavy atom. The van der Waals surface area contributed by atoms with Crippen molar-refractivity contribution in [2.75, 3.05) is 24.0 Å². The Morgan fingerprint density at radius 1 is 1.22 bits per heavy atom. The van der Waals surface area contributed by atoms with Gasteiger partial charge < -0.3 is 14.9 Å². The number of methoxy groups -OCH3 is 1. The Morgan fingerprint density at radius 3 is 2.75 bits per heavy atom. The largest absolute Gasteiger partial charge is 0.505 e. The number of rotatable bonds is 8. The fourth-order valence-electron chi connectivity index (χ4n) is 4.79. The number of aryl methyl sites for hydroxylation is 2. The van der Waals surface area contributed by atoms with E-state index in [-0.39, 0.29) is 23.4 Å². The van der Waals surface area contributed by atoms with E-state index in [1.165, 1.54) is 4.90 Å². The van der Waals surface area contributed by atoms with Gasteiger partial charge >= 0.3 is 11.9 Å². The Hall–Kier alpha value is -3.72. The Balaban J connectivity index is 1.58. The van der Waals surface area contributed by atoms with Gasteiger partial charge in [0.1, 0.15) is 11.6 Å². The second-order valence-electron chi connectivity index (χ2n) is 9.37. The van der Waals surface area contributed by atoms with Crippen molar-refractivity contribution in [2.45, 2.75) is 51.9 Å². The van der Waals surface area contributed by atoms with E-state index in [0.717, 1.165) is 24.0 Å². The lowest BCUT2D eigenvalue weighted by Crippen LogP contribution is -2.34. The van der Waals surface area contributed by atoms with Crippen molar-refractivity contribution in [1.82, 2.24) is 0 Å². The number of anilines is 2. The van der Waals surface area contributed by atoms with Crippen molar-refractivity contribution in [2.24, 2.45) is 16.0 Å². The third-order valence-electron chi connectivity index (χ3n) is 6.98. The first-order valence-electron chi connectivity index (χ1n) is 12.2. The van der Waals surface area contributed by atoms with Gasteiger partial charge in [-0.15, -0.1) is 5.10 Å². The summed E-state index contributed by atoms with van der Waals surface area (Å²) >= 11 is 0. The SMILES string of the molecule is COCCC1=N/C(=N/Nc2cccc(C3CCCC(C(=O)O)C3)c2O)C(=O)N1c1ccc(C)c(C)c1. The molecule has 0 aromatic heterocycles. The van der Waals surface area contributed by atoms with Crippen LogP contribution in [0.2, 0.25) is 0 Å². The number of hydrogen-bond acceptors (Lipinski definition) is 6. The number of amides is 1. The van der Waals surface area contributed by atoms with Crippen LogP contribution in [0.4, 0.5) is 11.4 Å². The monoisotopic (exact) mass is 492 g/mol. The number of amidine groups is 2. The zero-order valence-corrected chi connectivity index (χ0v) is 20.8. The predicted octanol–water partition coefficient (Wildman–Crippen LogP) is 4.57. The molecule has 190 valence electrons. The first kappa shape index (κ1) is 25.4. The van der Waals surface area contributed by atoms with E-state index in [0.29, 0.717) is 48.6 Å². The van der Waals surface area contributed by atoms with E-state index in [2.05, 4.69) is 15.5 Å². The van der Waals surface area contributed by atoms with Gasteiger partial charge in [0, 0.05) is 13.5 Å². The topological polar surface area (TPSA) is 124 Å². The predicted molar refractivity (Wildman–Crippen MR) is 139 cm³/mol. The Kier molecular flexibility index (Phi) is 7.69. The van der Waals surface area contributed by atoms with Gasteiger partial charge in [0.05, 0.1) is 23.9 Å². The Labute approximate surface area is 210 Å². The molecule has 2 unspecified atom stereocenters. The molecule has 9 nitrogen and oxygen atoms in total. The molecule has 4 rings (SSSR count). The molecule has 1 amide bonds. The number of hydrazone groups is 1. The van der Waals surface area contributed by atoms with Crippen molar-refractivity contribution < 1.29 is 24.5 Å². The molecule has 2 aromatic carbocycles. The number of aliphatic carboxylic acids is 1. The van der Waals surface area contributed by atoms with Crippen LogP contribution in [0.3, 0.4) is 0 Å². The van der Waals surface area contributed by atoms with Crippen molar-refractivity contribution in [1.29, 1.82) is 0 Å². The van der Waals surface area contributed by atoms with Crippen molar-refractivity contribution >= 4 is 34.9 Å². The van der Waals surface area contributed by atoms with Gasteiger partial charge in [-0.05, 0) is 73.9 Å². The minimum absolute atomic E-state index is 0.0120. The van der Waals surface area contributed by atoms with Gasteiger partial charge in [-0.25, -0.2) is 4.99 Å². The van der Waals surface area contributed by atoms with Gasteiger partial charge in [-0.1, -0.05) is 24.6 Å². The lowest BCUT2D eigenvalue weighted by molar-refractivity contribution is -0.143. The summed E-state index contributed by atoms with van der Waals surface area (Å²) in [5, 5.41) is 24.6. The summed E-state index contributed by atoms with van der Waals surface area (Å²) in [6.45, 7) is 4.40. The fraction of sp³-hybridized carbons (Fsp3) is 0.407. The number of carbonyl (C=O) groups excluding carboxylic acids is 1. The number of carboxylic acids is 1. The molecule has 1 heterocycles. The number of aromatic hydroxyl groups is 1. The molecule has 0 radical (unpaired) electrons. The van der Waals surface area contributed by atoms with Crippen LogP contribution in [0.15, 0.2) is 46.5 Å². The fourth-order valence-corrected chi connectivity index (χ4v) is 4.79. The van der Waals surface area contributed by atoms with E-state index >= 15 is 0 Å². The zero-order valence-electron chi connectivity index (χ0n) is 20.8. The third kappa shape index (κ3) is 5.26. The lowest BCUT2D eigenvalue weighted by Gasteiger charge is -2.27. The second kappa shape index (κ2) is 10.9. The van der Waals surface area contributed by atoms with Crippen molar-refractivity contribution in [3.8, 4) is 5.75 Å². The van der Waals surface area contributed by atoms with Crippen LogP contribution in [0.25, 0.3) is 0 Å². The number of phenolic OH excluding ortho intramolecular Hbond substituents is 1. The van der Waals surface area contributed by atoms with Crippen LogP contribution in [0.5, 0.6) is 5.75 Å². The number of benzene rings is 2. The highest BCUT2D eigenvalue weighted by Crippen LogP contribution is 2.42. The minimum atomic E-state index is -0.796. The molecule has 0 bridgehead atoms. The highest BCUT2D eigenvalue weighted by Gasteiger charge is 2.33. The molecule has 3 N–H and O–H groups in total. The number of aliphatic imine (C=N–C) groups is 1. The second-order valence-corrected chi connectivity index (χ2v) is 9.37. The Bertz CT molecular complexity index is 1220. The van der Waals surface area contributed by atoms with Crippen LogP contribution in [-0.4, -0.2) is 47.5 Å². The zero-order chi connectivity index (χ0) is 25.8. The summed E-state index contributed by atoms with van der Waals surface area (Å²) in [4.78, 5) is 30.7. The molecular weight excluding hydrogens is 460 g/mol. The number of ether oxygens (including phenoxy) is 1. The summed E-state index contributed by atoms with van der Waals surface area (Å²) in [5.41, 5.74) is 6.72. The van der Waals surface area contributed by atoms with E-state index in [1.54, 1.807) is 19.2 Å². The summed E-state index contributed by atoms with van der Waals surface area (Å²) in [5.74, 6) is -1.11. The molecular formula is C27H32N4O5. The molecule has 36 heavy (non-hydrogen) atoms. The van der Waals surface area contributed by atoms with E-state index < -0.39 is 11.9 Å². The molecule has 1 fully saturated rings. The highest BCUT2D eigenvalue weighted by molar-refractivity contribution is 6.54. The normalized spacial score (nSPS) is 21.1. The number of hydrogen-bond donors (Lipinski definition) is 3. The quantitative estimate of drug-likeness (QED) is 0.366. The summed E-state index contributed by atoms with van der Waals surface area (Å²) < 4.78 is 5.20. The number of nitrogens with one attached hydrogen (secondary N) is 1. The van der Waals surface area contributed by atoms with Gasteiger partial charge in [-0.2, -0.15) is 0 Å². The van der Waals surface area contributed by atoms with Gasteiger partial charge in [0.2, 0.25) is 5.84 Å². The molecule has 1 aliphatic carbocycles. The molecule has 2 atom stereocenters. The molecule has 2 aromatic rings. The molecule has 2 aliphatic rings. The summed E-state index contributed by atoms with van der Waals surface area (Å²) in [6.07, 6.45) is 3.17. The number of carbonyl (C=O) groups is 2. The van der Waals surface area contributed by atoms with Crippen molar-refractivity contribution in [3.63, 3.8) is 0 Å². The van der Waals surface area contributed by atoms with Gasteiger partial charge in [0.15, 0.2) is 0 Å². The third-order valence-corrected chi connectivity index (χ3v) is 6.98. The summed E-state index contributed by atoms with van der Waals surface area (Å²) in [6, 6.07) is 11.0. The van der Waals surface area contributed by atoms with Crippen LogP contribution in [0, 0.1) is 19.8 Å². The average molecular weight is 493 g/mol. The highest BCUT2D eigenvalue weighted by atomic mass is 16.5. The van der Waals surface area contributed by atoms with Crippen LogP contribution >= 0.6 is 0 Å². The number of nitrogens with zero attached hydrogens (tertiary/aromatic N) is 3. The van der Waals surface area contributed by atoms with E-state index in [4.69, 9.17) is 4.74 Å². The van der Waals surface area contributed by atoms with Gasteiger partial charge in [0.25, 0.3) is 0 Å². The van der Waals surface area contributed by atoms with Crippen LogP contribution < -0.4 is 10.3 Å². The lowest BCUT2D eigenvalue weighted by atomic mass is 9.77. The molecule has 0 saturated heterocycles. The minimum Gasteiger partial charge on any atom is -0.505 e. The number of carboxylic acid groups (broad SMARTS) is 1. The maximum absolute atomic E-state index is 13.3. The number of phenols is 1. The van der Waals surface area contributed by atoms with Gasteiger partial charge in [-0.3, -0.25) is 19.9 Å². The molecule has 0 spiro atoms. The first-order valence-corrected chi connectivity index (χ1v) is 12.2.